The molecule has 1 saturated heterocycles. The summed E-state index contributed by atoms with van der Waals surface area (Å²) in [6, 6.07) is 5.88. The summed E-state index contributed by atoms with van der Waals surface area (Å²) in [6.45, 7) is 5.36. The summed E-state index contributed by atoms with van der Waals surface area (Å²) in [7, 11) is 0. The highest BCUT2D eigenvalue weighted by atomic mass is 35.5. The first-order valence-corrected chi connectivity index (χ1v) is 11.2. The number of amides is 2. The molecule has 164 valence electrons. The lowest BCUT2D eigenvalue weighted by atomic mass is 10.1. The topological polar surface area (TPSA) is 81.6 Å². The van der Waals surface area contributed by atoms with Crippen LogP contribution in [0.25, 0.3) is 10.2 Å². The summed E-state index contributed by atoms with van der Waals surface area (Å²) in [4.78, 5) is 25.4. The van der Waals surface area contributed by atoms with Crippen molar-refractivity contribution in [2.45, 2.75) is 32.4 Å². The molecule has 1 fully saturated rings. The number of fused-ring (bicyclic) bond motifs is 1. The van der Waals surface area contributed by atoms with Crippen LogP contribution >= 0.6 is 22.9 Å². The van der Waals surface area contributed by atoms with E-state index < -0.39 is 6.10 Å². The molecule has 31 heavy (non-hydrogen) atoms. The molecule has 1 aliphatic rings. The molecule has 0 aliphatic carbocycles. The minimum Gasteiger partial charge on any atom is -0.393 e. The number of thiazole rings is 1. The van der Waals surface area contributed by atoms with Gasteiger partial charge < -0.3 is 14.9 Å². The van der Waals surface area contributed by atoms with E-state index in [9.17, 15) is 14.3 Å². The normalized spacial score (nSPS) is 17.8. The van der Waals surface area contributed by atoms with E-state index in [4.69, 9.17) is 11.6 Å². The first-order valence-electron chi connectivity index (χ1n) is 10.0. The van der Waals surface area contributed by atoms with Crippen LogP contribution in [0, 0.1) is 5.82 Å². The number of rotatable bonds is 4. The molecule has 2 amide bonds. The molecule has 1 aromatic carbocycles. The van der Waals surface area contributed by atoms with Crippen molar-refractivity contribution in [1.29, 1.82) is 0 Å². The zero-order valence-corrected chi connectivity index (χ0v) is 18.8. The molecule has 0 saturated carbocycles. The Morgan fingerprint density at radius 1 is 1.42 bits per heavy atom. The Bertz CT molecular complexity index is 1110. The lowest BCUT2D eigenvalue weighted by Gasteiger charge is -2.40. The standard InChI is InChI=1S/C21H23ClFN5O2S/c1-12-11-27(19-16(22)8-14(10-24-19)7-13(2)29)5-6-28(12)21(30)26-20-25-17-4-3-15(23)9-18(17)31-20/h3-4,8-10,12-13,29H,5-7,11H2,1-2H3,(H,25,26,30). The van der Waals surface area contributed by atoms with E-state index in [1.54, 1.807) is 24.1 Å². The van der Waals surface area contributed by atoms with Gasteiger partial charge in [-0.1, -0.05) is 22.9 Å². The van der Waals surface area contributed by atoms with E-state index in [2.05, 4.69) is 20.2 Å². The zero-order chi connectivity index (χ0) is 22.1. The van der Waals surface area contributed by atoms with Crippen LogP contribution in [0.1, 0.15) is 19.4 Å². The van der Waals surface area contributed by atoms with Crippen LogP contribution in [0.4, 0.5) is 20.1 Å². The van der Waals surface area contributed by atoms with E-state index in [1.807, 2.05) is 13.0 Å². The second-order valence-electron chi connectivity index (χ2n) is 7.75. The van der Waals surface area contributed by atoms with Gasteiger partial charge in [0.15, 0.2) is 5.13 Å². The Morgan fingerprint density at radius 3 is 2.94 bits per heavy atom. The first-order chi connectivity index (χ1) is 14.8. The fourth-order valence-corrected chi connectivity index (χ4v) is 4.91. The Kier molecular flexibility index (Phi) is 6.27. The number of hydrogen-bond acceptors (Lipinski definition) is 6. The van der Waals surface area contributed by atoms with E-state index in [0.717, 1.165) is 5.56 Å². The second-order valence-corrected chi connectivity index (χ2v) is 9.19. The lowest BCUT2D eigenvalue weighted by Crippen LogP contribution is -2.55. The molecule has 3 aromatic rings. The van der Waals surface area contributed by atoms with Crippen molar-refractivity contribution >= 4 is 50.1 Å². The maximum absolute atomic E-state index is 13.4. The molecule has 2 unspecified atom stereocenters. The molecule has 7 nitrogen and oxygen atoms in total. The number of piperazine rings is 1. The van der Waals surface area contributed by atoms with Gasteiger partial charge in [0.05, 0.1) is 21.3 Å². The van der Waals surface area contributed by atoms with Crippen LogP contribution in [-0.4, -0.2) is 57.8 Å². The average Bonchev–Trinajstić information content (AvgIpc) is 3.08. The van der Waals surface area contributed by atoms with Gasteiger partial charge in [-0.2, -0.15) is 0 Å². The van der Waals surface area contributed by atoms with Crippen molar-refractivity contribution in [1.82, 2.24) is 14.9 Å². The number of benzene rings is 1. The number of aromatic nitrogens is 2. The number of nitrogens with zero attached hydrogens (tertiary/aromatic N) is 4. The van der Waals surface area contributed by atoms with Crippen molar-refractivity contribution in [3.8, 4) is 0 Å². The molecule has 2 atom stereocenters. The fourth-order valence-electron chi connectivity index (χ4n) is 3.72. The number of carbonyl (C=O) groups is 1. The molecule has 0 radical (unpaired) electrons. The number of carbonyl (C=O) groups excluding carboxylic acids is 1. The summed E-state index contributed by atoms with van der Waals surface area (Å²) in [5, 5.41) is 13.4. The summed E-state index contributed by atoms with van der Waals surface area (Å²) in [6.07, 6.45) is 1.77. The number of aliphatic hydroxyl groups excluding tert-OH is 1. The van der Waals surface area contributed by atoms with Gasteiger partial charge in [0.1, 0.15) is 11.6 Å². The van der Waals surface area contributed by atoms with Gasteiger partial charge in [-0.3, -0.25) is 5.32 Å². The summed E-state index contributed by atoms with van der Waals surface area (Å²) in [5.41, 5.74) is 1.53. The SMILES string of the molecule is CC(O)Cc1cnc(N2CCN(C(=O)Nc3nc4ccc(F)cc4s3)C(C)C2)c(Cl)c1. The van der Waals surface area contributed by atoms with Gasteiger partial charge >= 0.3 is 6.03 Å². The van der Waals surface area contributed by atoms with Crippen molar-refractivity contribution in [2.75, 3.05) is 29.9 Å². The highest BCUT2D eigenvalue weighted by Crippen LogP contribution is 2.29. The molecule has 2 N–H and O–H groups in total. The van der Waals surface area contributed by atoms with Gasteiger partial charge in [0.2, 0.25) is 0 Å². The highest BCUT2D eigenvalue weighted by molar-refractivity contribution is 7.22. The smallest absolute Gasteiger partial charge is 0.324 e. The number of anilines is 2. The van der Waals surface area contributed by atoms with Gasteiger partial charge in [-0.15, -0.1) is 0 Å². The van der Waals surface area contributed by atoms with Crippen LogP contribution in [0.3, 0.4) is 0 Å². The predicted molar refractivity (Wildman–Crippen MR) is 122 cm³/mol. The van der Waals surface area contributed by atoms with Crippen LogP contribution in [0.2, 0.25) is 5.02 Å². The third-order valence-electron chi connectivity index (χ3n) is 5.16. The number of urea groups is 1. The number of hydrogen-bond donors (Lipinski definition) is 2. The molecule has 4 rings (SSSR count). The molecule has 3 heterocycles. The van der Waals surface area contributed by atoms with Crippen molar-refractivity contribution in [3.63, 3.8) is 0 Å². The van der Waals surface area contributed by atoms with Crippen LogP contribution < -0.4 is 10.2 Å². The van der Waals surface area contributed by atoms with Crippen LogP contribution in [0.5, 0.6) is 0 Å². The third-order valence-corrected chi connectivity index (χ3v) is 6.37. The van der Waals surface area contributed by atoms with Gasteiger partial charge in [-0.05, 0) is 50.1 Å². The number of pyridine rings is 1. The fraction of sp³-hybridized carbons (Fsp3) is 0.381. The molecule has 1 aliphatic heterocycles. The predicted octanol–water partition coefficient (Wildman–Crippen LogP) is 4.15. The molecule has 2 aromatic heterocycles. The third kappa shape index (κ3) is 4.89. The van der Waals surface area contributed by atoms with Crippen LogP contribution in [-0.2, 0) is 6.42 Å². The molecular weight excluding hydrogens is 441 g/mol. The lowest BCUT2D eigenvalue weighted by molar-refractivity contribution is 0.184. The summed E-state index contributed by atoms with van der Waals surface area (Å²) in [5.74, 6) is 0.348. The molecule has 0 spiro atoms. The monoisotopic (exact) mass is 463 g/mol. The minimum atomic E-state index is -0.458. The van der Waals surface area contributed by atoms with Crippen LogP contribution in [0.15, 0.2) is 30.5 Å². The number of aliphatic hydroxyl groups is 1. The van der Waals surface area contributed by atoms with E-state index in [1.165, 1.54) is 23.5 Å². The Balaban J connectivity index is 1.41. The van der Waals surface area contributed by atoms with Gasteiger partial charge in [0, 0.05) is 31.9 Å². The molecule has 10 heteroatoms. The molecule has 0 bridgehead atoms. The van der Waals surface area contributed by atoms with E-state index in [0.29, 0.717) is 52.2 Å². The Morgan fingerprint density at radius 2 is 2.23 bits per heavy atom. The number of nitrogens with one attached hydrogen (secondary N) is 1. The van der Waals surface area contributed by atoms with E-state index >= 15 is 0 Å². The summed E-state index contributed by atoms with van der Waals surface area (Å²) >= 11 is 7.68. The quantitative estimate of drug-likeness (QED) is 0.607. The zero-order valence-electron chi connectivity index (χ0n) is 17.2. The van der Waals surface area contributed by atoms with Crippen molar-refractivity contribution in [3.05, 3.63) is 46.9 Å². The van der Waals surface area contributed by atoms with Gasteiger partial charge in [0.25, 0.3) is 0 Å². The molecular formula is C21H23ClFN5O2S. The van der Waals surface area contributed by atoms with Crippen molar-refractivity contribution in [2.24, 2.45) is 0 Å². The van der Waals surface area contributed by atoms with E-state index in [-0.39, 0.29) is 17.9 Å². The highest BCUT2D eigenvalue weighted by Gasteiger charge is 2.29. The maximum atomic E-state index is 13.4. The second kappa shape index (κ2) is 8.94. The maximum Gasteiger partial charge on any atom is 0.324 e. The Labute approximate surface area is 188 Å². The average molecular weight is 464 g/mol. The Hall–Kier alpha value is -2.49. The summed E-state index contributed by atoms with van der Waals surface area (Å²) < 4.78 is 14.1. The number of halogens is 2. The van der Waals surface area contributed by atoms with Gasteiger partial charge in [-0.25, -0.2) is 19.2 Å². The largest absolute Gasteiger partial charge is 0.393 e. The minimum absolute atomic E-state index is 0.0735. The van der Waals surface area contributed by atoms with Crippen molar-refractivity contribution < 1.29 is 14.3 Å². The first kappa shape index (κ1) is 21.7.